The van der Waals surface area contributed by atoms with Gasteiger partial charge in [0.25, 0.3) is 5.91 Å². The summed E-state index contributed by atoms with van der Waals surface area (Å²) in [5.74, 6) is -2.26. The zero-order chi connectivity index (χ0) is 18.8. The van der Waals surface area contributed by atoms with Crippen molar-refractivity contribution >= 4 is 17.5 Å². The van der Waals surface area contributed by atoms with E-state index in [1.54, 1.807) is 0 Å². The Balaban J connectivity index is 1.66. The second-order valence-electron chi connectivity index (χ2n) is 6.15. The Bertz CT molecular complexity index is 861. The van der Waals surface area contributed by atoms with E-state index in [0.717, 1.165) is 11.6 Å². The third kappa shape index (κ3) is 3.58. The minimum absolute atomic E-state index is 0.0332. The van der Waals surface area contributed by atoms with Crippen LogP contribution in [0.25, 0.3) is 5.57 Å². The number of rotatable bonds is 3. The molecular formula is C18H18F2N4O2. The van der Waals surface area contributed by atoms with Gasteiger partial charge in [0.1, 0.15) is 5.70 Å². The van der Waals surface area contributed by atoms with Crippen molar-refractivity contribution in [3.05, 3.63) is 65.1 Å². The first-order valence-corrected chi connectivity index (χ1v) is 8.07. The number of urea groups is 1. The second-order valence-corrected chi connectivity index (χ2v) is 6.15. The van der Waals surface area contributed by atoms with Crippen molar-refractivity contribution in [2.45, 2.75) is 25.3 Å². The Morgan fingerprint density at radius 3 is 2.69 bits per heavy atom. The van der Waals surface area contributed by atoms with Gasteiger partial charge in [-0.25, -0.2) is 13.6 Å². The minimum Gasteiger partial charge on any atom is -0.395 e. The van der Waals surface area contributed by atoms with Crippen molar-refractivity contribution in [3.8, 4) is 0 Å². The van der Waals surface area contributed by atoms with Gasteiger partial charge in [0.05, 0.1) is 11.4 Å². The third-order valence-corrected chi connectivity index (χ3v) is 4.36. The minimum atomic E-state index is -0.886. The number of amides is 3. The average Bonchev–Trinajstić information content (AvgIpc) is 2.61. The summed E-state index contributed by atoms with van der Waals surface area (Å²) >= 11 is 0. The highest BCUT2D eigenvalue weighted by atomic mass is 19.2. The highest BCUT2D eigenvalue weighted by molar-refractivity contribution is 6.00. The third-order valence-electron chi connectivity index (χ3n) is 4.36. The van der Waals surface area contributed by atoms with Crippen LogP contribution in [0.15, 0.2) is 47.9 Å². The molecule has 1 heterocycles. The van der Waals surface area contributed by atoms with Gasteiger partial charge in [-0.05, 0) is 42.5 Å². The lowest BCUT2D eigenvalue weighted by molar-refractivity contribution is -0.118. The van der Waals surface area contributed by atoms with Crippen molar-refractivity contribution in [2.24, 2.45) is 5.73 Å². The maximum Gasteiger partial charge on any atom is 0.323 e. The van der Waals surface area contributed by atoms with Crippen molar-refractivity contribution < 1.29 is 18.4 Å². The first-order chi connectivity index (χ1) is 12.3. The molecule has 1 unspecified atom stereocenters. The van der Waals surface area contributed by atoms with Crippen LogP contribution in [0.2, 0.25) is 0 Å². The molecule has 1 aromatic carbocycles. The van der Waals surface area contributed by atoms with Gasteiger partial charge >= 0.3 is 6.03 Å². The largest absolute Gasteiger partial charge is 0.395 e. The molecule has 0 aromatic heterocycles. The summed E-state index contributed by atoms with van der Waals surface area (Å²) in [7, 11) is 0. The number of hydrogen-bond acceptors (Lipinski definition) is 3. The fourth-order valence-corrected chi connectivity index (χ4v) is 2.93. The topological polar surface area (TPSA) is 96.2 Å². The van der Waals surface area contributed by atoms with E-state index in [2.05, 4.69) is 22.5 Å². The summed E-state index contributed by atoms with van der Waals surface area (Å²) in [4.78, 5) is 23.8. The molecule has 1 aromatic rings. The van der Waals surface area contributed by atoms with E-state index in [4.69, 9.17) is 5.73 Å². The maximum absolute atomic E-state index is 13.4. The van der Waals surface area contributed by atoms with Gasteiger partial charge in [0.15, 0.2) is 11.6 Å². The number of halogens is 2. The number of carbonyl (C=O) groups is 2. The fraction of sp³-hybridized carbons (Fsp3) is 0.222. The van der Waals surface area contributed by atoms with Crippen LogP contribution in [-0.4, -0.2) is 18.0 Å². The van der Waals surface area contributed by atoms with E-state index < -0.39 is 23.6 Å². The Kier molecular flexibility index (Phi) is 4.75. The van der Waals surface area contributed by atoms with Gasteiger partial charge in [-0.2, -0.15) is 0 Å². The molecule has 1 atom stereocenters. The summed E-state index contributed by atoms with van der Waals surface area (Å²) < 4.78 is 26.4. The smallest absolute Gasteiger partial charge is 0.323 e. The maximum atomic E-state index is 13.4. The summed E-state index contributed by atoms with van der Waals surface area (Å²) in [5, 5.41) is 7.56. The van der Waals surface area contributed by atoms with Gasteiger partial charge in [-0.1, -0.05) is 18.7 Å². The molecule has 1 aliphatic heterocycles. The van der Waals surface area contributed by atoms with Gasteiger partial charge < -0.3 is 21.7 Å². The van der Waals surface area contributed by atoms with Crippen molar-refractivity contribution in [1.82, 2.24) is 16.0 Å². The van der Waals surface area contributed by atoms with Crippen LogP contribution >= 0.6 is 0 Å². The molecule has 0 saturated heterocycles. The highest BCUT2D eigenvalue weighted by Gasteiger charge is 2.26. The summed E-state index contributed by atoms with van der Waals surface area (Å²) in [5.41, 5.74) is 7.52. The number of allylic oxidation sites excluding steroid dienone is 1. The van der Waals surface area contributed by atoms with Crippen molar-refractivity contribution in [1.29, 1.82) is 0 Å². The Morgan fingerprint density at radius 1 is 1.27 bits per heavy atom. The molecule has 1 aliphatic carbocycles. The quantitative estimate of drug-likeness (QED) is 0.664. The predicted octanol–water partition coefficient (Wildman–Crippen LogP) is 2.01. The first-order valence-electron chi connectivity index (χ1n) is 8.07. The number of hydrogen-bond donors (Lipinski definition) is 4. The zero-order valence-electron chi connectivity index (χ0n) is 13.9. The molecule has 3 rings (SSSR count). The van der Waals surface area contributed by atoms with Crippen LogP contribution in [0.3, 0.4) is 0 Å². The van der Waals surface area contributed by atoms with Crippen LogP contribution in [-0.2, 0) is 4.79 Å². The number of nitrogens with one attached hydrogen (secondary N) is 3. The molecule has 5 N–H and O–H groups in total. The Morgan fingerprint density at radius 2 is 2.04 bits per heavy atom. The molecule has 6 nitrogen and oxygen atoms in total. The van der Waals surface area contributed by atoms with E-state index in [1.807, 2.05) is 6.08 Å². The van der Waals surface area contributed by atoms with Gasteiger partial charge in [-0.15, -0.1) is 0 Å². The summed E-state index contributed by atoms with van der Waals surface area (Å²) in [6.45, 7) is 3.58. The summed E-state index contributed by atoms with van der Waals surface area (Å²) in [6, 6.07) is 3.07. The summed E-state index contributed by atoms with van der Waals surface area (Å²) in [6.07, 6.45) is 3.64. The monoisotopic (exact) mass is 360 g/mol. The molecule has 0 saturated carbocycles. The molecule has 8 heteroatoms. The SMILES string of the molecule is C=C1NC(=O)NC(C(=O)NC2CC=C(c3ccc(F)c(F)c3)CC2)=C1N. The van der Waals surface area contributed by atoms with E-state index in [9.17, 15) is 18.4 Å². The standard InChI is InChI=1S/C18H18F2N4O2/c1-9-15(21)16(24-18(26)22-9)17(25)23-12-5-2-10(3-6-12)11-4-7-13(19)14(20)8-11/h2,4,7-8,12H,1,3,5-6,21H2,(H,23,25)(H2,22,24,26). The van der Waals surface area contributed by atoms with Gasteiger partial charge in [-0.3, -0.25) is 4.79 Å². The van der Waals surface area contributed by atoms with E-state index in [0.29, 0.717) is 24.8 Å². The van der Waals surface area contributed by atoms with Crippen LogP contribution < -0.4 is 21.7 Å². The number of nitrogens with two attached hydrogens (primary N) is 1. The molecule has 0 spiro atoms. The molecule has 0 bridgehead atoms. The first kappa shape index (κ1) is 17.7. The normalized spacial score (nSPS) is 20.2. The van der Waals surface area contributed by atoms with E-state index in [-0.39, 0.29) is 23.1 Å². The highest BCUT2D eigenvalue weighted by Crippen LogP contribution is 2.28. The Hall–Kier alpha value is -3.16. The molecule has 26 heavy (non-hydrogen) atoms. The van der Waals surface area contributed by atoms with E-state index in [1.165, 1.54) is 12.1 Å². The predicted molar refractivity (Wildman–Crippen MR) is 92.1 cm³/mol. The fourth-order valence-electron chi connectivity index (χ4n) is 2.93. The second kappa shape index (κ2) is 6.99. The Labute approximate surface area is 148 Å². The lowest BCUT2D eigenvalue weighted by Crippen LogP contribution is -2.48. The zero-order valence-corrected chi connectivity index (χ0v) is 13.9. The van der Waals surface area contributed by atoms with E-state index >= 15 is 0 Å². The van der Waals surface area contributed by atoms with Crippen LogP contribution in [0.5, 0.6) is 0 Å². The molecule has 0 radical (unpaired) electrons. The van der Waals surface area contributed by atoms with Crippen molar-refractivity contribution in [3.63, 3.8) is 0 Å². The number of benzene rings is 1. The van der Waals surface area contributed by atoms with Crippen molar-refractivity contribution in [2.75, 3.05) is 0 Å². The average molecular weight is 360 g/mol. The molecule has 2 aliphatic rings. The lowest BCUT2D eigenvalue weighted by atomic mass is 9.90. The molecule has 3 amide bonds. The van der Waals surface area contributed by atoms with Gasteiger partial charge in [0.2, 0.25) is 0 Å². The lowest BCUT2D eigenvalue weighted by Gasteiger charge is -2.26. The van der Waals surface area contributed by atoms with Crippen LogP contribution in [0, 0.1) is 11.6 Å². The van der Waals surface area contributed by atoms with Crippen LogP contribution in [0.1, 0.15) is 24.8 Å². The molecule has 0 fully saturated rings. The van der Waals surface area contributed by atoms with Crippen LogP contribution in [0.4, 0.5) is 13.6 Å². The van der Waals surface area contributed by atoms with Gasteiger partial charge in [0, 0.05) is 6.04 Å². The molecular weight excluding hydrogens is 342 g/mol. The molecule has 136 valence electrons. The number of carbonyl (C=O) groups excluding carboxylic acids is 2.